The molecule has 46 valence electrons. The Balaban J connectivity index is 3.78. The summed E-state index contributed by atoms with van der Waals surface area (Å²) in [5.74, 6) is 0. The molecule has 1 unspecified atom stereocenters. The number of hydrogen-bond donors (Lipinski definition) is 1. The molecule has 8 heavy (non-hydrogen) atoms. The number of aldehydes is 1. The first-order valence-electron chi connectivity index (χ1n) is 3.76. The smallest absolute Gasteiger partial charge is 0.142 e. The molecule has 0 heterocycles. The van der Waals surface area contributed by atoms with Crippen LogP contribution >= 0.6 is 0 Å². The first-order chi connectivity index (χ1) is 4.95. The molecular formula is C6H10O2. The maximum Gasteiger partial charge on any atom is 0.142 e. The zero-order chi connectivity index (χ0) is 8.91. The minimum Gasteiger partial charge on any atom is -0.389 e. The van der Waals surface area contributed by atoms with Gasteiger partial charge in [0.05, 0.1) is 6.10 Å². The van der Waals surface area contributed by atoms with Crippen LogP contribution in [0.25, 0.3) is 0 Å². The van der Waals surface area contributed by atoms with Gasteiger partial charge in [-0.15, -0.1) is 0 Å². The molecule has 0 saturated carbocycles. The number of hydrogen-bond acceptors (Lipinski definition) is 2. The van der Waals surface area contributed by atoms with E-state index in [9.17, 15) is 4.79 Å². The topological polar surface area (TPSA) is 37.3 Å². The van der Waals surface area contributed by atoms with E-state index >= 15 is 0 Å². The van der Waals surface area contributed by atoms with E-state index in [0.29, 0.717) is 6.29 Å². The fourth-order valence-electron chi connectivity index (χ4n) is 0.242. The van der Waals surface area contributed by atoms with Crippen LogP contribution in [0.2, 0.25) is 0 Å². The van der Waals surface area contributed by atoms with Gasteiger partial charge in [0.2, 0.25) is 0 Å². The Hall–Kier alpha value is -0.630. The van der Waals surface area contributed by atoms with Gasteiger partial charge in [-0.2, -0.15) is 0 Å². The van der Waals surface area contributed by atoms with Gasteiger partial charge in [0.25, 0.3) is 0 Å². The van der Waals surface area contributed by atoms with Crippen LogP contribution in [0.3, 0.4) is 0 Å². The Morgan fingerprint density at radius 1 is 2.00 bits per heavy atom. The molecule has 2 heteroatoms. The summed E-state index contributed by atoms with van der Waals surface area (Å²) in [6.07, 6.45) is 1.34. The van der Waals surface area contributed by atoms with Crippen LogP contribution in [0.5, 0.6) is 0 Å². The highest BCUT2D eigenvalue weighted by Gasteiger charge is 1.89. The molecule has 1 atom stereocenters. The lowest BCUT2D eigenvalue weighted by Gasteiger charge is -1.94. The quantitative estimate of drug-likeness (QED) is 0.432. The molecule has 0 aromatic carbocycles. The zero-order valence-corrected chi connectivity index (χ0v) is 4.37. The Bertz CT molecular complexity index is 150. The van der Waals surface area contributed by atoms with Gasteiger partial charge in [-0.1, -0.05) is 12.9 Å². The molecule has 1 N–H and O–H groups in total. The number of aliphatic hydroxyl groups excluding tert-OH is 1. The summed E-state index contributed by atoms with van der Waals surface area (Å²) in [5, 5.41) is 8.91. The first kappa shape index (κ1) is 3.41. The van der Waals surface area contributed by atoms with Gasteiger partial charge in [0.1, 0.15) is 6.29 Å². The molecule has 0 fully saturated rings. The fourth-order valence-corrected chi connectivity index (χ4v) is 0.242. The summed E-state index contributed by atoms with van der Waals surface area (Å²) >= 11 is 0. The van der Waals surface area contributed by atoms with E-state index in [-0.39, 0.29) is 6.42 Å². The molecule has 0 saturated heterocycles. The second-order valence-corrected chi connectivity index (χ2v) is 1.29. The number of allylic oxidation sites excluding steroid dienone is 1. The van der Waals surface area contributed by atoms with Crippen LogP contribution in [0.4, 0.5) is 0 Å². The summed E-state index contributed by atoms with van der Waals surface area (Å²) in [7, 11) is 0. The van der Waals surface area contributed by atoms with Crippen molar-refractivity contribution in [3.8, 4) is 0 Å². The van der Waals surface area contributed by atoms with E-state index in [4.69, 9.17) is 9.22 Å². The van der Waals surface area contributed by atoms with Crippen molar-refractivity contribution in [1.29, 1.82) is 0 Å². The Kier molecular flexibility index (Phi) is 1.93. The highest BCUT2D eigenvalue weighted by atomic mass is 16.3. The predicted molar refractivity (Wildman–Crippen MR) is 31.5 cm³/mol. The largest absolute Gasteiger partial charge is 0.389 e. The van der Waals surface area contributed by atoms with E-state index in [0.717, 1.165) is 12.2 Å². The van der Waals surface area contributed by atoms with E-state index in [1.807, 2.05) is 0 Å². The van der Waals surface area contributed by atoms with Crippen molar-refractivity contribution in [2.24, 2.45) is 0 Å². The van der Waals surface area contributed by atoms with Gasteiger partial charge in [-0.05, 0) is 12.5 Å². The van der Waals surface area contributed by atoms with Crippen LogP contribution in [0.1, 0.15) is 17.4 Å². The second kappa shape index (κ2) is 4.53. The van der Waals surface area contributed by atoms with Gasteiger partial charge >= 0.3 is 0 Å². The number of carbonyl (C=O) groups excluding carboxylic acids is 1. The number of rotatable bonds is 3. The lowest BCUT2D eigenvalue weighted by Crippen LogP contribution is -1.97. The zero-order valence-electron chi connectivity index (χ0n) is 7.37. The third kappa shape index (κ3) is 3.56. The fraction of sp³-hybridized carbons (Fsp3) is 0.500. The Labute approximate surface area is 53.0 Å². The summed E-state index contributed by atoms with van der Waals surface area (Å²) in [6.45, 7) is -2.15. The first-order valence-corrected chi connectivity index (χ1v) is 2.26. The summed E-state index contributed by atoms with van der Waals surface area (Å²) in [5.41, 5.74) is 0. The molecule has 0 aliphatic rings. The molecule has 0 rings (SSSR count). The van der Waals surface area contributed by atoms with Crippen molar-refractivity contribution in [2.45, 2.75) is 19.4 Å². The third-order valence-electron chi connectivity index (χ3n) is 0.621. The van der Waals surface area contributed by atoms with Crippen molar-refractivity contribution in [1.82, 2.24) is 0 Å². The van der Waals surface area contributed by atoms with Gasteiger partial charge in [0, 0.05) is 4.11 Å². The molecule has 2 nitrogen and oxygen atoms in total. The minimum atomic E-state index is -2.15. The monoisotopic (exact) mass is 117 g/mol. The lowest BCUT2D eigenvalue weighted by atomic mass is 10.3. The molecule has 0 spiro atoms. The van der Waals surface area contributed by atoms with Gasteiger partial charge < -0.3 is 5.11 Å². The third-order valence-corrected chi connectivity index (χ3v) is 0.621. The standard InChI is InChI=1S/C6H10O2/c1-2-6(8)4-3-5-7/h3-6,8H,2H2,1H3/b4-3+/i1D3. The van der Waals surface area contributed by atoms with Crippen LogP contribution in [-0.4, -0.2) is 17.5 Å². The van der Waals surface area contributed by atoms with E-state index < -0.39 is 13.0 Å². The van der Waals surface area contributed by atoms with Gasteiger partial charge in [0.15, 0.2) is 0 Å². The maximum atomic E-state index is 9.74. The van der Waals surface area contributed by atoms with Crippen LogP contribution in [0.15, 0.2) is 12.2 Å². The lowest BCUT2D eigenvalue weighted by molar-refractivity contribution is -0.104. The van der Waals surface area contributed by atoms with Crippen molar-refractivity contribution in [3.05, 3.63) is 12.2 Å². The maximum absolute atomic E-state index is 9.74. The van der Waals surface area contributed by atoms with E-state index in [2.05, 4.69) is 0 Å². The average molecular weight is 117 g/mol. The molecule has 0 aliphatic heterocycles. The van der Waals surface area contributed by atoms with Crippen LogP contribution in [-0.2, 0) is 4.79 Å². The number of carbonyl (C=O) groups is 1. The molecule has 0 aliphatic carbocycles. The highest BCUT2D eigenvalue weighted by molar-refractivity contribution is 5.64. The van der Waals surface area contributed by atoms with E-state index in [1.54, 1.807) is 0 Å². The minimum absolute atomic E-state index is 0.322. The predicted octanol–water partition coefficient (Wildman–Crippen LogP) is 0.512. The molecule has 0 aromatic heterocycles. The van der Waals surface area contributed by atoms with Gasteiger partial charge in [-0.3, -0.25) is 4.79 Å². The normalized spacial score (nSPS) is 21.4. The molecule has 0 amide bonds. The van der Waals surface area contributed by atoms with Crippen molar-refractivity contribution in [2.75, 3.05) is 0 Å². The SMILES string of the molecule is [2H]C([2H])([2H])CC(O)/C=C/C=O. The van der Waals surface area contributed by atoms with Crippen molar-refractivity contribution in [3.63, 3.8) is 0 Å². The summed E-state index contributed by atoms with van der Waals surface area (Å²) < 4.78 is 20.2. The van der Waals surface area contributed by atoms with Crippen LogP contribution < -0.4 is 0 Å². The molecule has 0 bridgehead atoms. The Morgan fingerprint density at radius 3 is 3.25 bits per heavy atom. The van der Waals surface area contributed by atoms with Crippen molar-refractivity contribution < 1.29 is 14.0 Å². The Morgan fingerprint density at radius 2 is 2.75 bits per heavy atom. The number of aliphatic hydroxyl groups is 1. The van der Waals surface area contributed by atoms with Crippen LogP contribution in [0, 0.1) is 0 Å². The molecular weight excluding hydrogens is 104 g/mol. The molecule has 0 radical (unpaired) electrons. The highest BCUT2D eigenvalue weighted by Crippen LogP contribution is 1.88. The van der Waals surface area contributed by atoms with E-state index in [1.165, 1.54) is 0 Å². The van der Waals surface area contributed by atoms with Gasteiger partial charge in [-0.25, -0.2) is 0 Å². The average Bonchev–Trinajstić information content (AvgIpc) is 1.79. The molecule has 0 aromatic rings. The van der Waals surface area contributed by atoms with Crippen molar-refractivity contribution >= 4 is 6.29 Å². The summed E-state index contributed by atoms with van der Waals surface area (Å²) in [6, 6.07) is 0. The second-order valence-electron chi connectivity index (χ2n) is 1.29. The summed E-state index contributed by atoms with van der Waals surface area (Å²) in [4.78, 5) is 9.74.